The Morgan fingerprint density at radius 1 is 0.677 bits per heavy atom. The topological polar surface area (TPSA) is 250 Å². The first-order valence-corrected chi connectivity index (χ1v) is 22.9. The van der Waals surface area contributed by atoms with E-state index >= 15 is 0 Å². The number of guanidine groups is 1. The number of phenolic OH excluding ortho intramolecular Hbond substituents is 1. The van der Waals surface area contributed by atoms with Crippen molar-refractivity contribution in [3.05, 3.63) is 64.7 Å². The Balaban J connectivity index is 0. The lowest BCUT2D eigenvalue weighted by Crippen LogP contribution is -2.50. The normalized spacial score (nSPS) is 10.6. The van der Waals surface area contributed by atoms with Gasteiger partial charge in [-0.15, -0.1) is 0 Å². The van der Waals surface area contributed by atoms with Gasteiger partial charge in [0.05, 0.1) is 19.7 Å². The fraction of sp³-hybridized carbons (Fsp3) is 0.646. The van der Waals surface area contributed by atoms with Crippen LogP contribution in [0.1, 0.15) is 152 Å². The van der Waals surface area contributed by atoms with E-state index in [4.69, 9.17) is 32.8 Å². The Labute approximate surface area is 374 Å². The van der Waals surface area contributed by atoms with Gasteiger partial charge in [0.1, 0.15) is 18.3 Å². The summed E-state index contributed by atoms with van der Waals surface area (Å²) in [6, 6.07) is 13.0. The molecule has 0 heterocycles. The Kier molecular flexibility index (Phi) is 39.9. The molecule has 0 spiro atoms. The van der Waals surface area contributed by atoms with Crippen LogP contribution in [0.4, 0.5) is 0 Å². The lowest BCUT2D eigenvalue weighted by atomic mass is 10.0. The van der Waals surface area contributed by atoms with Crippen molar-refractivity contribution in [1.29, 1.82) is 0 Å². The van der Waals surface area contributed by atoms with Crippen molar-refractivity contribution < 1.29 is 29.0 Å². The van der Waals surface area contributed by atoms with Gasteiger partial charge in [-0.1, -0.05) is 133 Å². The van der Waals surface area contributed by atoms with Crippen LogP contribution in [-0.2, 0) is 23.9 Å². The summed E-state index contributed by atoms with van der Waals surface area (Å²) in [5.74, 6) is -1.42. The number of aliphatic imine (C=N–C) groups is 1. The van der Waals surface area contributed by atoms with Gasteiger partial charge >= 0.3 is 5.97 Å². The van der Waals surface area contributed by atoms with Gasteiger partial charge in [0, 0.05) is 6.54 Å². The van der Waals surface area contributed by atoms with E-state index in [1.165, 1.54) is 81.8 Å². The molecule has 0 aromatic heterocycles. The molecule has 0 bridgehead atoms. The molecular weight excluding hydrogens is 785 g/mol. The van der Waals surface area contributed by atoms with E-state index in [-0.39, 0.29) is 25.6 Å². The van der Waals surface area contributed by atoms with E-state index in [1.54, 1.807) is 12.1 Å². The number of nitrogens with two attached hydrogens (primary N) is 4. The number of amides is 3. The minimum atomic E-state index is -0.831. The molecule has 62 heavy (non-hydrogen) atoms. The third kappa shape index (κ3) is 38.2. The molecule has 2 aromatic rings. The zero-order chi connectivity index (χ0) is 46.8. The van der Waals surface area contributed by atoms with Crippen LogP contribution in [0.15, 0.2) is 47.5 Å². The highest BCUT2D eigenvalue weighted by Gasteiger charge is 2.21. The average Bonchev–Trinajstić information content (AvgIpc) is 3.25. The molecular formula is C48H86N8O6. The minimum absolute atomic E-state index is 0.182. The number of aromatic hydroxyl groups is 1. The van der Waals surface area contributed by atoms with Crippen molar-refractivity contribution in [2.45, 2.75) is 163 Å². The predicted octanol–water partition coefficient (Wildman–Crippen LogP) is 6.80. The fourth-order valence-corrected chi connectivity index (χ4v) is 5.86. The lowest BCUT2D eigenvalue weighted by Gasteiger charge is -2.18. The summed E-state index contributed by atoms with van der Waals surface area (Å²) >= 11 is 0. The van der Waals surface area contributed by atoms with E-state index in [0.29, 0.717) is 38.2 Å². The Hall–Kier alpha value is -4.69. The summed E-state index contributed by atoms with van der Waals surface area (Å²) in [5.41, 5.74) is 25.6. The molecule has 0 aliphatic carbocycles. The van der Waals surface area contributed by atoms with Gasteiger partial charge in [-0.05, 0) is 95.2 Å². The molecule has 1 atom stereocenters. The molecule has 0 aliphatic heterocycles. The molecule has 2 aromatic carbocycles. The maximum atomic E-state index is 12.5. The monoisotopic (exact) mass is 871 g/mol. The number of nitrogens with zero attached hydrogens (tertiary/aromatic N) is 1. The van der Waals surface area contributed by atoms with E-state index in [2.05, 4.69) is 53.8 Å². The number of benzene rings is 2. The molecule has 0 aliphatic rings. The van der Waals surface area contributed by atoms with Crippen LogP contribution in [0, 0.1) is 27.7 Å². The van der Waals surface area contributed by atoms with Crippen molar-refractivity contribution in [3.63, 3.8) is 0 Å². The molecule has 2 rings (SSSR count). The molecule has 354 valence electrons. The molecule has 14 nitrogen and oxygen atoms in total. The summed E-state index contributed by atoms with van der Waals surface area (Å²) < 4.78 is 5.22. The van der Waals surface area contributed by atoms with Gasteiger partial charge in [-0.2, -0.15) is 0 Å². The first-order valence-electron chi connectivity index (χ1n) is 22.9. The Bertz CT molecular complexity index is 1450. The molecule has 3 amide bonds. The third-order valence-electron chi connectivity index (χ3n) is 9.77. The zero-order valence-electron chi connectivity index (χ0n) is 39.3. The summed E-state index contributed by atoms with van der Waals surface area (Å²) in [6.07, 6.45) is 20.3. The fourth-order valence-electron chi connectivity index (χ4n) is 5.86. The number of aryl methyl sites for hydroxylation is 3. The number of unbranched alkanes of at least 4 members (excludes halogenated alkanes) is 14. The SMILES string of the molecule is CCCCCCCCCCCCCCCCOC(=O)CNC(=O)C(CCCCN)NC(=O)CNC(=O)CN.CCCN=C(N)N.Cc1cc(O)cc(C)c1C.Cc1ccccc1. The Morgan fingerprint density at radius 3 is 1.65 bits per heavy atom. The minimum Gasteiger partial charge on any atom is -0.508 e. The van der Waals surface area contributed by atoms with E-state index < -0.39 is 29.7 Å². The van der Waals surface area contributed by atoms with Crippen molar-refractivity contribution in [2.75, 3.05) is 39.3 Å². The molecule has 12 N–H and O–H groups in total. The van der Waals surface area contributed by atoms with Crippen LogP contribution in [0.2, 0.25) is 0 Å². The molecule has 0 radical (unpaired) electrons. The summed E-state index contributed by atoms with van der Waals surface area (Å²) in [6.45, 7) is 13.2. The van der Waals surface area contributed by atoms with Gasteiger partial charge < -0.3 is 48.7 Å². The summed E-state index contributed by atoms with van der Waals surface area (Å²) in [4.78, 5) is 51.5. The number of hydrogen-bond donors (Lipinski definition) is 8. The summed E-state index contributed by atoms with van der Waals surface area (Å²) in [7, 11) is 0. The van der Waals surface area contributed by atoms with Crippen molar-refractivity contribution in [2.24, 2.45) is 27.9 Å². The number of carbonyl (C=O) groups excluding carboxylic acids is 4. The van der Waals surface area contributed by atoms with Crippen LogP contribution < -0.4 is 38.9 Å². The number of rotatable bonds is 28. The van der Waals surface area contributed by atoms with Crippen LogP contribution in [0.3, 0.4) is 0 Å². The quantitative estimate of drug-likeness (QED) is 0.0192. The van der Waals surface area contributed by atoms with Gasteiger partial charge in [0.25, 0.3) is 0 Å². The summed E-state index contributed by atoms with van der Waals surface area (Å²) in [5, 5.41) is 16.6. The smallest absolute Gasteiger partial charge is 0.325 e. The second kappa shape index (κ2) is 41.7. The van der Waals surface area contributed by atoms with E-state index in [9.17, 15) is 19.2 Å². The van der Waals surface area contributed by atoms with Gasteiger partial charge in [-0.3, -0.25) is 24.2 Å². The molecule has 1 unspecified atom stereocenters. The highest BCUT2D eigenvalue weighted by Crippen LogP contribution is 2.19. The first-order chi connectivity index (χ1) is 29.7. The number of phenols is 1. The average molecular weight is 871 g/mol. The predicted molar refractivity (Wildman–Crippen MR) is 256 cm³/mol. The van der Waals surface area contributed by atoms with Gasteiger partial charge in [-0.25, -0.2) is 0 Å². The Morgan fingerprint density at radius 2 is 1.21 bits per heavy atom. The molecule has 0 saturated heterocycles. The number of carbonyl (C=O) groups is 4. The zero-order valence-corrected chi connectivity index (χ0v) is 39.3. The third-order valence-corrected chi connectivity index (χ3v) is 9.77. The second-order valence-electron chi connectivity index (χ2n) is 15.6. The van der Waals surface area contributed by atoms with E-state index in [0.717, 1.165) is 43.4 Å². The molecule has 0 fully saturated rings. The number of esters is 1. The number of hydrogen-bond acceptors (Lipinski definition) is 9. The maximum absolute atomic E-state index is 12.5. The number of ether oxygens (including phenoxy) is 1. The van der Waals surface area contributed by atoms with Gasteiger partial charge in [0.15, 0.2) is 5.96 Å². The first kappa shape index (κ1) is 59.4. The largest absolute Gasteiger partial charge is 0.508 e. The van der Waals surface area contributed by atoms with Crippen molar-refractivity contribution >= 4 is 29.7 Å². The highest BCUT2D eigenvalue weighted by atomic mass is 16.5. The van der Waals surface area contributed by atoms with E-state index in [1.807, 2.05) is 39.0 Å². The standard InChI is InChI=1S/C28H55N5O5.C9H12O.C7H8.C4H11N3/c1-2-3-4-5-6-7-8-9-10-11-12-13-14-17-20-38-27(36)23-32-28(37)24(18-15-16-19-29)33-26(35)22-31-25(34)21-30;1-6-4-9(10)5-7(2)8(6)3;1-7-5-3-2-4-6-7;1-2-3-7-4(5)6/h24H,2-23,29-30H2,1H3,(H,31,34)(H,32,37)(H,33,35);4-5,10H,1-3H3;2-6H,1H3;2-3H2,1H3,(H4,5,6,7). The van der Waals surface area contributed by atoms with Gasteiger partial charge in [0.2, 0.25) is 17.7 Å². The number of nitrogens with one attached hydrogen (secondary N) is 3. The van der Waals surface area contributed by atoms with Crippen LogP contribution >= 0.6 is 0 Å². The van der Waals surface area contributed by atoms with Crippen molar-refractivity contribution in [3.8, 4) is 5.75 Å². The van der Waals surface area contributed by atoms with Crippen LogP contribution in [0.5, 0.6) is 5.75 Å². The molecule has 0 saturated carbocycles. The highest BCUT2D eigenvalue weighted by molar-refractivity contribution is 5.91. The van der Waals surface area contributed by atoms with Crippen LogP contribution in [0.25, 0.3) is 0 Å². The maximum Gasteiger partial charge on any atom is 0.325 e. The van der Waals surface area contributed by atoms with Crippen LogP contribution in [-0.4, -0.2) is 80.1 Å². The molecule has 14 heteroatoms. The van der Waals surface area contributed by atoms with Crippen molar-refractivity contribution in [1.82, 2.24) is 16.0 Å². The lowest BCUT2D eigenvalue weighted by molar-refractivity contribution is -0.144. The second-order valence-corrected chi connectivity index (χ2v) is 15.6.